The van der Waals surface area contributed by atoms with Gasteiger partial charge in [0.25, 0.3) is 11.8 Å². The number of hydrogen-bond donors (Lipinski definition) is 2. The van der Waals surface area contributed by atoms with Crippen LogP contribution in [0, 0.1) is 6.92 Å². The third-order valence-electron chi connectivity index (χ3n) is 5.50. The quantitative estimate of drug-likeness (QED) is 0.619. The predicted molar refractivity (Wildman–Crippen MR) is 125 cm³/mol. The average molecular weight is 484 g/mol. The first kappa shape index (κ1) is 22.2. The summed E-state index contributed by atoms with van der Waals surface area (Å²) < 4.78 is 11.4. The molecule has 0 bridgehead atoms. The largest absolute Gasteiger partial charge is 0.488 e. The zero-order valence-corrected chi connectivity index (χ0v) is 19.5. The molecule has 3 aliphatic rings. The van der Waals surface area contributed by atoms with Crippen molar-refractivity contribution in [3.8, 4) is 11.5 Å². The molecule has 178 valence electrons. The van der Waals surface area contributed by atoms with Gasteiger partial charge in [0.2, 0.25) is 0 Å². The van der Waals surface area contributed by atoms with Crippen LogP contribution in [0.15, 0.2) is 47.6 Å². The topological polar surface area (TPSA) is 105 Å². The van der Waals surface area contributed by atoms with Crippen molar-refractivity contribution in [2.24, 2.45) is 0 Å². The molecule has 5 rings (SSSR count). The Balaban J connectivity index is 1.30. The molecule has 1 atom stereocenters. The van der Waals surface area contributed by atoms with Crippen LogP contribution in [0.1, 0.15) is 28.9 Å². The molecule has 34 heavy (non-hydrogen) atoms. The molecule has 2 fully saturated rings. The average Bonchev–Trinajstić information content (AvgIpc) is 3.44. The predicted octanol–water partition coefficient (Wildman–Crippen LogP) is 2.62. The van der Waals surface area contributed by atoms with Gasteiger partial charge in [-0.05, 0) is 31.6 Å². The van der Waals surface area contributed by atoms with Gasteiger partial charge in [0.15, 0.2) is 10.9 Å². The Kier molecular flexibility index (Phi) is 6.37. The smallest absolute Gasteiger partial charge is 0.257 e. The SMILES string of the molecule is Cc1csc(NC(=O)c2cc(O[C@H]3CCOC3)cc(ON3C=CC(C(=O)N4CCC4)=CN3)c2)n1. The zero-order chi connectivity index (χ0) is 23.5. The first-order valence-electron chi connectivity index (χ1n) is 11.1. The molecule has 0 unspecified atom stereocenters. The van der Waals surface area contributed by atoms with Crippen LogP contribution in [0.4, 0.5) is 5.13 Å². The lowest BCUT2D eigenvalue weighted by Gasteiger charge is -2.32. The number of anilines is 1. The lowest BCUT2D eigenvalue weighted by Crippen LogP contribution is -2.44. The number of hydroxylamine groups is 1. The Hall–Kier alpha value is -3.57. The summed E-state index contributed by atoms with van der Waals surface area (Å²) in [5.74, 6) is 0.551. The molecule has 0 aliphatic carbocycles. The highest BCUT2D eigenvalue weighted by atomic mass is 32.1. The van der Waals surface area contributed by atoms with Gasteiger partial charge in [0, 0.05) is 42.7 Å². The molecule has 2 amide bonds. The van der Waals surface area contributed by atoms with Crippen LogP contribution in [-0.2, 0) is 9.53 Å². The van der Waals surface area contributed by atoms with Gasteiger partial charge in [0.05, 0.1) is 30.7 Å². The van der Waals surface area contributed by atoms with Crippen LogP contribution in [0.3, 0.4) is 0 Å². The number of aryl methyl sites for hydroxylation is 1. The Morgan fingerprint density at radius 3 is 2.76 bits per heavy atom. The number of nitrogens with zero attached hydrogens (tertiary/aromatic N) is 3. The van der Waals surface area contributed by atoms with E-state index in [4.69, 9.17) is 14.3 Å². The second-order valence-electron chi connectivity index (χ2n) is 8.15. The summed E-state index contributed by atoms with van der Waals surface area (Å²) in [4.78, 5) is 37.2. The van der Waals surface area contributed by atoms with Crippen LogP contribution >= 0.6 is 11.3 Å². The summed E-state index contributed by atoms with van der Waals surface area (Å²) in [6, 6.07) is 5.00. The van der Waals surface area contributed by atoms with Crippen molar-refractivity contribution < 1.29 is 23.9 Å². The van der Waals surface area contributed by atoms with E-state index in [1.165, 1.54) is 16.5 Å². The second-order valence-corrected chi connectivity index (χ2v) is 9.01. The Labute approximate surface area is 200 Å². The van der Waals surface area contributed by atoms with Gasteiger partial charge < -0.3 is 19.2 Å². The summed E-state index contributed by atoms with van der Waals surface area (Å²) in [6.45, 7) is 4.58. The van der Waals surface area contributed by atoms with Crippen molar-refractivity contribution in [1.82, 2.24) is 20.5 Å². The van der Waals surface area contributed by atoms with Crippen LogP contribution in [0.25, 0.3) is 0 Å². The maximum atomic E-state index is 12.9. The number of carbonyl (C=O) groups is 2. The van der Waals surface area contributed by atoms with Gasteiger partial charge in [-0.1, -0.05) is 0 Å². The fourth-order valence-electron chi connectivity index (χ4n) is 3.58. The number of carbonyl (C=O) groups excluding carboxylic acids is 2. The molecule has 1 aromatic carbocycles. The van der Waals surface area contributed by atoms with Crippen molar-refractivity contribution in [2.75, 3.05) is 31.6 Å². The Morgan fingerprint density at radius 2 is 2.12 bits per heavy atom. The van der Waals surface area contributed by atoms with Crippen molar-refractivity contribution >= 4 is 28.3 Å². The number of ether oxygens (including phenoxy) is 2. The molecule has 2 saturated heterocycles. The maximum Gasteiger partial charge on any atom is 0.257 e. The molecule has 0 spiro atoms. The molecule has 0 saturated carbocycles. The number of benzene rings is 1. The molecule has 11 heteroatoms. The monoisotopic (exact) mass is 483 g/mol. The third kappa shape index (κ3) is 5.15. The first-order chi connectivity index (χ1) is 16.5. The van der Waals surface area contributed by atoms with Gasteiger partial charge >= 0.3 is 0 Å². The summed E-state index contributed by atoms with van der Waals surface area (Å²) in [5, 5.41) is 6.55. The summed E-state index contributed by atoms with van der Waals surface area (Å²) >= 11 is 1.36. The Bertz CT molecular complexity index is 1140. The van der Waals surface area contributed by atoms with Gasteiger partial charge in [-0.3, -0.25) is 20.3 Å². The van der Waals surface area contributed by atoms with E-state index in [9.17, 15) is 9.59 Å². The third-order valence-corrected chi connectivity index (χ3v) is 6.38. The fraction of sp³-hybridized carbons (Fsp3) is 0.348. The minimum atomic E-state index is -0.322. The number of amides is 2. The highest BCUT2D eigenvalue weighted by Crippen LogP contribution is 2.27. The lowest BCUT2D eigenvalue weighted by atomic mass is 10.1. The van der Waals surface area contributed by atoms with Crippen LogP contribution in [0.5, 0.6) is 11.5 Å². The van der Waals surface area contributed by atoms with Gasteiger partial charge in [-0.25, -0.2) is 4.98 Å². The molecular formula is C23H25N5O5S. The van der Waals surface area contributed by atoms with Gasteiger partial charge in [0.1, 0.15) is 11.9 Å². The number of aromatic nitrogens is 1. The fourth-order valence-corrected chi connectivity index (χ4v) is 4.26. The molecule has 2 aromatic rings. The number of thiazole rings is 1. The van der Waals surface area contributed by atoms with Crippen LogP contribution in [-0.4, -0.2) is 59.3 Å². The minimum absolute atomic E-state index is 0.0137. The van der Waals surface area contributed by atoms with Crippen LogP contribution < -0.4 is 20.3 Å². The van der Waals surface area contributed by atoms with E-state index in [1.807, 2.05) is 12.3 Å². The highest BCUT2D eigenvalue weighted by Gasteiger charge is 2.24. The molecule has 4 heterocycles. The normalized spacial score (nSPS) is 19.2. The zero-order valence-electron chi connectivity index (χ0n) is 18.7. The number of hydrazine groups is 1. The number of hydrogen-bond acceptors (Lipinski definition) is 9. The van der Waals surface area contributed by atoms with E-state index in [1.54, 1.807) is 41.6 Å². The lowest BCUT2D eigenvalue weighted by molar-refractivity contribution is -0.130. The maximum absolute atomic E-state index is 12.9. The molecular weight excluding hydrogens is 458 g/mol. The standard InChI is InChI=1S/C23H25N5O5S/c1-15-14-34-23(25-15)26-21(29)17-9-19(32-18-4-8-31-13-18)11-20(10-17)33-28-7-3-16(12-24-28)22(30)27-5-2-6-27/h3,7,9-12,14,18,24H,2,4-6,8,13H2,1H3,(H,25,26,29)/t18-/m0/s1. The van der Waals surface area contributed by atoms with Crippen molar-refractivity contribution in [1.29, 1.82) is 0 Å². The second kappa shape index (κ2) is 9.74. The van der Waals surface area contributed by atoms with E-state index >= 15 is 0 Å². The number of likely N-dealkylation sites (tertiary alicyclic amines) is 1. The summed E-state index contributed by atoms with van der Waals surface area (Å²) in [7, 11) is 0. The van der Waals surface area contributed by atoms with E-state index in [0.29, 0.717) is 41.0 Å². The Morgan fingerprint density at radius 1 is 1.26 bits per heavy atom. The number of nitrogens with one attached hydrogen (secondary N) is 2. The molecule has 0 radical (unpaired) electrons. The van der Waals surface area contributed by atoms with E-state index in [2.05, 4.69) is 15.7 Å². The molecule has 10 nitrogen and oxygen atoms in total. The molecule has 3 aliphatic heterocycles. The van der Waals surface area contributed by atoms with Crippen molar-refractivity contribution in [3.63, 3.8) is 0 Å². The highest BCUT2D eigenvalue weighted by molar-refractivity contribution is 7.13. The first-order valence-corrected chi connectivity index (χ1v) is 12.0. The summed E-state index contributed by atoms with van der Waals surface area (Å²) in [6.07, 6.45) is 6.62. The molecule has 2 N–H and O–H groups in total. The van der Waals surface area contributed by atoms with Crippen LogP contribution in [0.2, 0.25) is 0 Å². The van der Waals surface area contributed by atoms with E-state index in [-0.39, 0.29) is 17.9 Å². The van der Waals surface area contributed by atoms with Gasteiger partial charge in [-0.15, -0.1) is 16.5 Å². The van der Waals surface area contributed by atoms with Crippen molar-refractivity contribution in [2.45, 2.75) is 25.9 Å². The molecule has 1 aromatic heterocycles. The summed E-state index contributed by atoms with van der Waals surface area (Å²) in [5.41, 5.74) is 4.69. The number of rotatable bonds is 7. The van der Waals surface area contributed by atoms with Gasteiger partial charge in [-0.2, -0.15) is 0 Å². The van der Waals surface area contributed by atoms with E-state index < -0.39 is 0 Å². The van der Waals surface area contributed by atoms with Crippen molar-refractivity contribution in [3.05, 3.63) is 58.9 Å². The minimum Gasteiger partial charge on any atom is -0.488 e. The van der Waals surface area contributed by atoms with E-state index in [0.717, 1.165) is 31.6 Å².